The molecule has 2 aliphatic heterocycles. The number of carbonyl (C=O) groups excluding carboxylic acids is 2. The van der Waals surface area contributed by atoms with Crippen molar-refractivity contribution in [1.29, 1.82) is 0 Å². The third kappa shape index (κ3) is 2.58. The summed E-state index contributed by atoms with van der Waals surface area (Å²) in [6.45, 7) is 5.53. The zero-order valence-corrected chi connectivity index (χ0v) is 10.9. The number of carbonyl (C=O) groups is 2. The summed E-state index contributed by atoms with van der Waals surface area (Å²) < 4.78 is 21.1. The molecule has 0 unspecified atom stereocenters. The van der Waals surface area contributed by atoms with Gasteiger partial charge in [-0.2, -0.15) is 0 Å². The van der Waals surface area contributed by atoms with E-state index in [4.69, 9.17) is 18.9 Å². The van der Waals surface area contributed by atoms with Gasteiger partial charge in [0.25, 0.3) is 0 Å². The van der Waals surface area contributed by atoms with Gasteiger partial charge in [0.15, 0.2) is 5.60 Å². The molecule has 2 saturated heterocycles. The van der Waals surface area contributed by atoms with Gasteiger partial charge < -0.3 is 18.9 Å². The van der Waals surface area contributed by atoms with Crippen LogP contribution >= 0.6 is 0 Å². The van der Waals surface area contributed by atoms with E-state index in [-0.39, 0.29) is 25.3 Å². The molecule has 0 aliphatic carbocycles. The molecule has 0 aromatic rings. The summed E-state index contributed by atoms with van der Waals surface area (Å²) in [7, 11) is 0. The maximum atomic E-state index is 11.1. The molecule has 1 spiro atoms. The lowest BCUT2D eigenvalue weighted by atomic mass is 9.94. The summed E-state index contributed by atoms with van der Waals surface area (Å²) in [5.74, 6) is -0.340. The monoisotopic (exact) mass is 258 g/mol. The lowest BCUT2D eigenvalue weighted by Gasteiger charge is -2.31. The fraction of sp³-hybridized carbons (Fsp3) is 0.833. The number of hydrogen-bond acceptors (Lipinski definition) is 6. The maximum absolute atomic E-state index is 11.1. The summed E-state index contributed by atoms with van der Waals surface area (Å²) in [6.07, 6.45) is 0.111. The van der Waals surface area contributed by atoms with E-state index in [2.05, 4.69) is 0 Å². The van der Waals surface area contributed by atoms with Gasteiger partial charge in [-0.1, -0.05) is 0 Å². The van der Waals surface area contributed by atoms with E-state index in [0.29, 0.717) is 12.8 Å². The SMILES string of the molecule is CC(=O)O[C@@H]1CC[C@@]2(COC(=O)O2)COC1(C)C. The van der Waals surface area contributed by atoms with Crippen molar-refractivity contribution in [1.82, 2.24) is 0 Å². The van der Waals surface area contributed by atoms with Crippen molar-refractivity contribution < 1.29 is 28.5 Å². The number of hydrogen-bond donors (Lipinski definition) is 0. The topological polar surface area (TPSA) is 71.1 Å². The third-order valence-electron chi connectivity index (χ3n) is 3.41. The van der Waals surface area contributed by atoms with E-state index < -0.39 is 17.4 Å². The molecule has 2 aliphatic rings. The van der Waals surface area contributed by atoms with Gasteiger partial charge in [-0.25, -0.2) is 4.79 Å². The smallest absolute Gasteiger partial charge is 0.460 e. The van der Waals surface area contributed by atoms with Crippen LogP contribution in [0.1, 0.15) is 33.6 Å². The second-order valence-electron chi connectivity index (χ2n) is 5.35. The molecule has 102 valence electrons. The van der Waals surface area contributed by atoms with Crippen molar-refractivity contribution in [2.45, 2.75) is 50.9 Å². The molecule has 0 radical (unpaired) electrons. The molecule has 0 aromatic carbocycles. The van der Waals surface area contributed by atoms with E-state index in [1.54, 1.807) is 0 Å². The molecule has 0 bridgehead atoms. The average Bonchev–Trinajstić information content (AvgIpc) is 2.58. The summed E-state index contributed by atoms with van der Waals surface area (Å²) in [5, 5.41) is 0. The number of esters is 1. The first-order chi connectivity index (χ1) is 8.33. The van der Waals surface area contributed by atoms with Crippen LogP contribution in [-0.2, 0) is 23.7 Å². The second kappa shape index (κ2) is 4.42. The highest BCUT2D eigenvalue weighted by atomic mass is 16.8. The van der Waals surface area contributed by atoms with Crippen molar-refractivity contribution in [3.8, 4) is 0 Å². The van der Waals surface area contributed by atoms with Crippen molar-refractivity contribution in [2.75, 3.05) is 13.2 Å². The van der Waals surface area contributed by atoms with Gasteiger partial charge in [0.2, 0.25) is 0 Å². The molecule has 2 heterocycles. The standard InChI is InChI=1S/C12H18O6/c1-8(13)17-9-4-5-12(6-15-10(14)18-12)7-16-11(9,2)3/h9H,4-7H2,1-3H3/t9-,12-/m1/s1. The van der Waals surface area contributed by atoms with Crippen LogP contribution in [-0.4, -0.2) is 42.6 Å². The van der Waals surface area contributed by atoms with Crippen LogP contribution in [0.15, 0.2) is 0 Å². The van der Waals surface area contributed by atoms with Crippen molar-refractivity contribution in [2.24, 2.45) is 0 Å². The number of ether oxygens (including phenoxy) is 4. The predicted molar refractivity (Wildman–Crippen MR) is 60.0 cm³/mol. The summed E-state index contributed by atoms with van der Waals surface area (Å²) in [6, 6.07) is 0. The summed E-state index contributed by atoms with van der Waals surface area (Å²) in [5.41, 5.74) is -1.34. The molecule has 2 fully saturated rings. The Labute approximate surface area is 106 Å². The van der Waals surface area contributed by atoms with Gasteiger partial charge in [0.1, 0.15) is 12.7 Å². The van der Waals surface area contributed by atoms with Crippen LogP contribution in [0.5, 0.6) is 0 Å². The Morgan fingerprint density at radius 1 is 1.39 bits per heavy atom. The minimum absolute atomic E-state index is 0.189. The quantitative estimate of drug-likeness (QED) is 0.662. The first-order valence-corrected chi connectivity index (χ1v) is 6.00. The highest BCUT2D eigenvalue weighted by Gasteiger charge is 2.49. The van der Waals surface area contributed by atoms with Crippen LogP contribution in [0.4, 0.5) is 4.79 Å². The molecule has 0 amide bonds. The Morgan fingerprint density at radius 3 is 2.67 bits per heavy atom. The summed E-state index contributed by atoms with van der Waals surface area (Å²) >= 11 is 0. The van der Waals surface area contributed by atoms with E-state index in [0.717, 1.165) is 0 Å². The molecule has 0 saturated carbocycles. The minimum atomic E-state index is -0.733. The lowest BCUT2D eigenvalue weighted by molar-refractivity contribution is -0.166. The fourth-order valence-corrected chi connectivity index (χ4v) is 2.25. The fourth-order valence-electron chi connectivity index (χ4n) is 2.25. The van der Waals surface area contributed by atoms with Gasteiger partial charge in [0.05, 0.1) is 12.2 Å². The molecule has 6 nitrogen and oxygen atoms in total. The van der Waals surface area contributed by atoms with Gasteiger partial charge in [-0.05, 0) is 26.7 Å². The lowest BCUT2D eigenvalue weighted by Crippen LogP contribution is -2.42. The zero-order valence-electron chi connectivity index (χ0n) is 10.9. The Morgan fingerprint density at radius 2 is 2.11 bits per heavy atom. The summed E-state index contributed by atoms with van der Waals surface area (Å²) in [4.78, 5) is 22.2. The molecule has 2 atom stereocenters. The molecular formula is C12H18O6. The van der Waals surface area contributed by atoms with Crippen molar-refractivity contribution >= 4 is 12.1 Å². The average molecular weight is 258 g/mol. The van der Waals surface area contributed by atoms with Crippen molar-refractivity contribution in [3.63, 3.8) is 0 Å². The Bertz CT molecular complexity index is 364. The van der Waals surface area contributed by atoms with E-state index in [1.807, 2.05) is 13.8 Å². The third-order valence-corrected chi connectivity index (χ3v) is 3.41. The van der Waals surface area contributed by atoms with Crippen LogP contribution in [0.2, 0.25) is 0 Å². The number of cyclic esters (lactones) is 1. The van der Waals surface area contributed by atoms with E-state index in [1.165, 1.54) is 6.92 Å². The molecule has 0 aromatic heterocycles. The highest BCUT2D eigenvalue weighted by Crippen LogP contribution is 2.35. The maximum Gasteiger partial charge on any atom is 0.509 e. The first kappa shape index (κ1) is 13.1. The molecule has 18 heavy (non-hydrogen) atoms. The Balaban J connectivity index is 2.10. The Hall–Kier alpha value is -1.30. The van der Waals surface area contributed by atoms with Crippen LogP contribution < -0.4 is 0 Å². The van der Waals surface area contributed by atoms with Crippen LogP contribution in [0.3, 0.4) is 0 Å². The van der Waals surface area contributed by atoms with Gasteiger partial charge in [-0.3, -0.25) is 4.79 Å². The van der Waals surface area contributed by atoms with Gasteiger partial charge in [-0.15, -0.1) is 0 Å². The van der Waals surface area contributed by atoms with Crippen molar-refractivity contribution in [3.05, 3.63) is 0 Å². The largest absolute Gasteiger partial charge is 0.509 e. The number of rotatable bonds is 1. The predicted octanol–water partition coefficient (Wildman–Crippen LogP) is 1.41. The zero-order chi connectivity index (χ0) is 13.4. The second-order valence-corrected chi connectivity index (χ2v) is 5.35. The van der Waals surface area contributed by atoms with Crippen LogP contribution in [0.25, 0.3) is 0 Å². The van der Waals surface area contributed by atoms with E-state index in [9.17, 15) is 9.59 Å². The minimum Gasteiger partial charge on any atom is -0.460 e. The first-order valence-electron chi connectivity index (χ1n) is 6.00. The van der Waals surface area contributed by atoms with Gasteiger partial charge >= 0.3 is 12.1 Å². The normalized spacial score (nSPS) is 34.6. The molecule has 2 rings (SSSR count). The Kier molecular flexibility index (Phi) is 3.23. The highest BCUT2D eigenvalue weighted by molar-refractivity contribution is 5.66. The molecular weight excluding hydrogens is 240 g/mol. The molecule has 6 heteroatoms. The molecule has 0 N–H and O–H groups in total. The van der Waals surface area contributed by atoms with E-state index >= 15 is 0 Å². The van der Waals surface area contributed by atoms with Crippen LogP contribution in [0, 0.1) is 0 Å². The van der Waals surface area contributed by atoms with Gasteiger partial charge in [0, 0.05) is 6.92 Å².